The highest BCUT2D eigenvalue weighted by atomic mass is 32.1. The van der Waals surface area contributed by atoms with E-state index in [4.69, 9.17) is 0 Å². The molecule has 0 aliphatic carbocycles. The summed E-state index contributed by atoms with van der Waals surface area (Å²) >= 11 is 1.39. The number of rotatable bonds is 8. The fraction of sp³-hybridized carbons (Fsp3) is 0.538. The van der Waals surface area contributed by atoms with Crippen LogP contribution in [0, 0.1) is 0 Å². The molecule has 0 radical (unpaired) electrons. The van der Waals surface area contributed by atoms with E-state index in [0.29, 0.717) is 30.7 Å². The number of hydrogen-bond donors (Lipinski definition) is 3. The third-order valence-corrected chi connectivity index (χ3v) is 3.49. The van der Waals surface area contributed by atoms with E-state index in [9.17, 15) is 14.7 Å². The molecule has 0 aromatic carbocycles. The van der Waals surface area contributed by atoms with Crippen molar-refractivity contribution in [2.75, 3.05) is 13.1 Å². The molecule has 1 heterocycles. The van der Waals surface area contributed by atoms with Crippen LogP contribution in [0.3, 0.4) is 0 Å². The maximum Gasteiger partial charge on any atom is 0.261 e. The minimum Gasteiger partial charge on any atom is -0.391 e. The van der Waals surface area contributed by atoms with Crippen molar-refractivity contribution in [3.8, 4) is 0 Å². The number of carbonyl (C=O) groups is 2. The average Bonchev–Trinajstić information content (AvgIpc) is 2.94. The zero-order chi connectivity index (χ0) is 14.1. The lowest BCUT2D eigenvalue weighted by molar-refractivity contribution is -0.121. The van der Waals surface area contributed by atoms with Crippen LogP contribution in [-0.2, 0) is 4.79 Å². The molecule has 1 unspecified atom stereocenters. The second-order valence-electron chi connectivity index (χ2n) is 4.20. The van der Waals surface area contributed by atoms with Crippen LogP contribution in [0.1, 0.15) is 35.9 Å². The summed E-state index contributed by atoms with van der Waals surface area (Å²) < 4.78 is 0. The van der Waals surface area contributed by atoms with Gasteiger partial charge in [-0.15, -0.1) is 11.3 Å². The molecule has 0 saturated heterocycles. The highest BCUT2D eigenvalue weighted by molar-refractivity contribution is 7.12. The van der Waals surface area contributed by atoms with E-state index < -0.39 is 6.10 Å². The van der Waals surface area contributed by atoms with Crippen molar-refractivity contribution in [1.29, 1.82) is 0 Å². The van der Waals surface area contributed by atoms with Gasteiger partial charge in [-0.05, 0) is 24.3 Å². The molecule has 0 fully saturated rings. The molecule has 2 amide bonds. The van der Waals surface area contributed by atoms with E-state index >= 15 is 0 Å². The lowest BCUT2D eigenvalue weighted by atomic mass is 10.2. The molecule has 3 N–H and O–H groups in total. The van der Waals surface area contributed by atoms with Crippen LogP contribution in [0.5, 0.6) is 0 Å². The lowest BCUT2D eigenvalue weighted by Crippen LogP contribution is -2.32. The van der Waals surface area contributed by atoms with Crippen molar-refractivity contribution < 1.29 is 14.7 Å². The minimum absolute atomic E-state index is 0.0992. The highest BCUT2D eigenvalue weighted by Crippen LogP contribution is 2.07. The summed E-state index contributed by atoms with van der Waals surface area (Å²) in [6.07, 6.45) is 1.08. The minimum atomic E-state index is -0.484. The largest absolute Gasteiger partial charge is 0.391 e. The molecular formula is C13H20N2O3S. The number of thiophene rings is 1. The fourth-order valence-electron chi connectivity index (χ4n) is 1.41. The summed E-state index contributed by atoms with van der Waals surface area (Å²) in [5.41, 5.74) is 0. The summed E-state index contributed by atoms with van der Waals surface area (Å²) in [5, 5.41) is 16.5. The van der Waals surface area contributed by atoms with Crippen LogP contribution in [0.4, 0.5) is 0 Å². The van der Waals surface area contributed by atoms with Gasteiger partial charge in [0.2, 0.25) is 5.91 Å². The Morgan fingerprint density at radius 2 is 2.21 bits per heavy atom. The predicted molar refractivity (Wildman–Crippen MR) is 75.2 cm³/mol. The maximum atomic E-state index is 11.6. The van der Waals surface area contributed by atoms with E-state index in [1.165, 1.54) is 11.3 Å². The summed E-state index contributed by atoms with van der Waals surface area (Å²) in [6.45, 7) is 2.62. The molecule has 1 aromatic heterocycles. The Hall–Kier alpha value is -1.40. The van der Waals surface area contributed by atoms with E-state index in [1.807, 2.05) is 18.4 Å². The number of aliphatic hydroxyl groups excluding tert-OH is 1. The average molecular weight is 284 g/mol. The Bertz CT molecular complexity index is 393. The van der Waals surface area contributed by atoms with Gasteiger partial charge in [-0.2, -0.15) is 0 Å². The van der Waals surface area contributed by atoms with Crippen LogP contribution < -0.4 is 10.6 Å². The van der Waals surface area contributed by atoms with Gasteiger partial charge >= 0.3 is 0 Å². The monoisotopic (exact) mass is 284 g/mol. The topological polar surface area (TPSA) is 78.4 Å². The van der Waals surface area contributed by atoms with Gasteiger partial charge in [0.1, 0.15) is 0 Å². The van der Waals surface area contributed by atoms with E-state index in [-0.39, 0.29) is 18.4 Å². The predicted octanol–water partition coefficient (Wildman–Crippen LogP) is 1.15. The first-order chi connectivity index (χ1) is 9.13. The van der Waals surface area contributed by atoms with Crippen molar-refractivity contribution in [2.24, 2.45) is 0 Å². The van der Waals surface area contributed by atoms with Gasteiger partial charge in [0.25, 0.3) is 5.91 Å². The zero-order valence-electron chi connectivity index (χ0n) is 11.0. The molecule has 106 valence electrons. The van der Waals surface area contributed by atoms with Crippen molar-refractivity contribution >= 4 is 23.2 Å². The molecule has 19 heavy (non-hydrogen) atoms. The van der Waals surface area contributed by atoms with Gasteiger partial charge in [-0.25, -0.2) is 0 Å². The van der Waals surface area contributed by atoms with Crippen molar-refractivity contribution in [1.82, 2.24) is 10.6 Å². The Morgan fingerprint density at radius 3 is 2.84 bits per heavy atom. The van der Waals surface area contributed by atoms with E-state index in [2.05, 4.69) is 10.6 Å². The van der Waals surface area contributed by atoms with Crippen LogP contribution in [0.25, 0.3) is 0 Å². The van der Waals surface area contributed by atoms with Crippen LogP contribution >= 0.6 is 11.3 Å². The Kier molecular flexibility index (Phi) is 7.14. The van der Waals surface area contributed by atoms with Gasteiger partial charge in [0, 0.05) is 19.5 Å². The molecule has 1 atom stereocenters. The summed E-state index contributed by atoms with van der Waals surface area (Å²) in [5.74, 6) is -0.199. The van der Waals surface area contributed by atoms with Gasteiger partial charge in [-0.1, -0.05) is 13.0 Å². The van der Waals surface area contributed by atoms with Gasteiger partial charge in [-0.3, -0.25) is 9.59 Å². The number of carbonyl (C=O) groups excluding carboxylic acids is 2. The summed E-state index contributed by atoms with van der Waals surface area (Å²) in [7, 11) is 0. The first kappa shape index (κ1) is 15.7. The molecule has 1 rings (SSSR count). The van der Waals surface area contributed by atoms with E-state index in [0.717, 1.165) is 0 Å². The normalized spacial score (nSPS) is 11.9. The van der Waals surface area contributed by atoms with Crippen molar-refractivity contribution in [2.45, 2.75) is 32.3 Å². The van der Waals surface area contributed by atoms with Crippen LogP contribution in [-0.4, -0.2) is 36.1 Å². The third-order valence-electron chi connectivity index (χ3n) is 2.62. The molecule has 1 aromatic rings. The van der Waals surface area contributed by atoms with Gasteiger partial charge < -0.3 is 15.7 Å². The Balaban J connectivity index is 2.07. The van der Waals surface area contributed by atoms with Crippen LogP contribution in [0.2, 0.25) is 0 Å². The number of nitrogens with one attached hydrogen (secondary N) is 2. The second kappa shape index (κ2) is 8.66. The van der Waals surface area contributed by atoms with Gasteiger partial charge in [0.05, 0.1) is 11.0 Å². The first-order valence-electron chi connectivity index (χ1n) is 6.40. The van der Waals surface area contributed by atoms with Crippen LogP contribution in [0.15, 0.2) is 17.5 Å². The smallest absolute Gasteiger partial charge is 0.261 e. The SMILES string of the molecule is CCC(O)CNC(=O)CCCNC(=O)c1cccs1. The number of hydrogen-bond acceptors (Lipinski definition) is 4. The second-order valence-corrected chi connectivity index (χ2v) is 5.15. The Labute approximate surface area is 117 Å². The summed E-state index contributed by atoms with van der Waals surface area (Å²) in [6, 6.07) is 3.59. The molecule has 0 saturated carbocycles. The molecular weight excluding hydrogens is 264 g/mol. The summed E-state index contributed by atoms with van der Waals surface area (Å²) in [4.78, 5) is 23.7. The van der Waals surface area contributed by atoms with Crippen molar-refractivity contribution in [3.05, 3.63) is 22.4 Å². The molecule has 0 bridgehead atoms. The third kappa shape index (κ3) is 6.35. The lowest BCUT2D eigenvalue weighted by Gasteiger charge is -2.09. The Morgan fingerprint density at radius 1 is 1.42 bits per heavy atom. The quantitative estimate of drug-likeness (QED) is 0.627. The van der Waals surface area contributed by atoms with E-state index in [1.54, 1.807) is 6.07 Å². The zero-order valence-corrected chi connectivity index (χ0v) is 11.8. The van der Waals surface area contributed by atoms with Gasteiger partial charge in [0.15, 0.2) is 0 Å². The molecule has 5 nitrogen and oxygen atoms in total. The van der Waals surface area contributed by atoms with Crippen molar-refractivity contribution in [3.63, 3.8) is 0 Å². The number of aliphatic hydroxyl groups is 1. The molecule has 0 aliphatic rings. The molecule has 6 heteroatoms. The molecule has 0 aliphatic heterocycles. The first-order valence-corrected chi connectivity index (χ1v) is 7.28. The molecule has 0 spiro atoms. The fourth-order valence-corrected chi connectivity index (χ4v) is 2.05. The highest BCUT2D eigenvalue weighted by Gasteiger charge is 2.07. The number of amides is 2. The maximum absolute atomic E-state index is 11.6. The standard InChI is InChI=1S/C13H20N2O3S/c1-2-10(16)9-15-12(17)6-3-7-14-13(18)11-5-4-8-19-11/h4-5,8,10,16H,2-3,6-7,9H2,1H3,(H,14,18)(H,15,17).